The maximum atomic E-state index is 13.9. The van der Waals surface area contributed by atoms with Crippen LogP contribution in [0, 0.1) is 5.82 Å². The minimum absolute atomic E-state index is 0.0663. The normalized spacial score (nSPS) is 21.2. The molecule has 1 aromatic carbocycles. The third-order valence-electron chi connectivity index (χ3n) is 2.88. The van der Waals surface area contributed by atoms with Gasteiger partial charge in [0, 0.05) is 0 Å². The van der Waals surface area contributed by atoms with E-state index in [0.29, 0.717) is 4.47 Å². The van der Waals surface area contributed by atoms with Gasteiger partial charge in [0.15, 0.2) is 0 Å². The molecule has 1 aliphatic carbocycles. The second kappa shape index (κ2) is 3.54. The van der Waals surface area contributed by atoms with Crippen molar-refractivity contribution in [1.82, 2.24) is 0 Å². The third-order valence-corrected chi connectivity index (χ3v) is 6.40. The molecule has 0 bridgehead atoms. The molecule has 0 unspecified atom stereocenters. The van der Waals surface area contributed by atoms with Crippen LogP contribution in [0.5, 0.6) is 0 Å². The predicted molar refractivity (Wildman–Crippen MR) is 68.4 cm³/mol. The zero-order chi connectivity index (χ0) is 10.5. The Morgan fingerprint density at radius 2 is 2.00 bits per heavy atom. The van der Waals surface area contributed by atoms with Crippen LogP contribution in [0.4, 0.5) is 4.39 Å². The Hall–Kier alpha value is 0.0700. The van der Waals surface area contributed by atoms with Crippen molar-refractivity contribution >= 4 is 39.5 Å². The molecule has 0 aromatic heterocycles. The number of hydrogen-bond acceptors (Lipinski definition) is 2. The summed E-state index contributed by atoms with van der Waals surface area (Å²) in [4.78, 5) is 0. The number of halogens is 2. The molecule has 1 aromatic rings. The van der Waals surface area contributed by atoms with E-state index in [0.717, 1.165) is 18.4 Å². The molecule has 1 aliphatic heterocycles. The van der Waals surface area contributed by atoms with Crippen LogP contribution >= 0.6 is 39.5 Å². The average Bonchev–Trinajstić information content (AvgIpc) is 2.83. The highest BCUT2D eigenvalue weighted by Crippen LogP contribution is 2.60. The van der Waals surface area contributed by atoms with E-state index in [-0.39, 0.29) is 9.90 Å². The van der Waals surface area contributed by atoms with Crippen molar-refractivity contribution in [2.45, 2.75) is 16.9 Å². The van der Waals surface area contributed by atoms with Crippen LogP contribution in [0.3, 0.4) is 0 Å². The first-order chi connectivity index (χ1) is 7.23. The summed E-state index contributed by atoms with van der Waals surface area (Å²) < 4.78 is 14.5. The lowest BCUT2D eigenvalue weighted by Gasteiger charge is -2.22. The maximum absolute atomic E-state index is 13.9. The van der Waals surface area contributed by atoms with Gasteiger partial charge in [0.2, 0.25) is 0 Å². The van der Waals surface area contributed by atoms with Gasteiger partial charge in [-0.15, -0.1) is 23.5 Å². The molecule has 3 rings (SSSR count). The molecule has 1 heterocycles. The summed E-state index contributed by atoms with van der Waals surface area (Å²) in [5, 5.41) is 4.22. The molecule has 0 atom stereocenters. The molecule has 0 radical (unpaired) electrons. The first-order valence-corrected chi connectivity index (χ1v) is 7.26. The first-order valence-electron chi connectivity index (χ1n) is 4.71. The van der Waals surface area contributed by atoms with Crippen LogP contribution < -0.4 is 0 Å². The van der Waals surface area contributed by atoms with Gasteiger partial charge in [-0.05, 0) is 56.8 Å². The van der Waals surface area contributed by atoms with Crippen molar-refractivity contribution in [1.29, 1.82) is 0 Å². The Morgan fingerprint density at radius 1 is 1.27 bits per heavy atom. The lowest BCUT2D eigenvalue weighted by molar-refractivity contribution is 0.606. The van der Waals surface area contributed by atoms with Gasteiger partial charge in [0.05, 0.1) is 8.55 Å². The number of fused-ring (bicyclic) bond motifs is 2. The van der Waals surface area contributed by atoms with Crippen molar-refractivity contribution in [3.63, 3.8) is 0 Å². The van der Waals surface area contributed by atoms with E-state index >= 15 is 0 Å². The second-order valence-corrected chi connectivity index (χ2v) is 7.17. The highest BCUT2D eigenvalue weighted by atomic mass is 79.9. The molecular weight excluding hydrogens is 295 g/mol. The van der Waals surface area contributed by atoms with Crippen molar-refractivity contribution in [2.75, 3.05) is 0 Å². The highest BCUT2D eigenvalue weighted by molar-refractivity contribution is 9.10. The topological polar surface area (TPSA) is 0 Å². The van der Waals surface area contributed by atoms with E-state index in [1.807, 2.05) is 29.6 Å². The summed E-state index contributed by atoms with van der Waals surface area (Å²) in [6.45, 7) is 0. The molecule has 15 heavy (non-hydrogen) atoms. The van der Waals surface area contributed by atoms with E-state index in [2.05, 4.69) is 32.8 Å². The Labute approximate surface area is 105 Å². The van der Waals surface area contributed by atoms with Crippen molar-refractivity contribution < 1.29 is 4.39 Å². The largest absolute Gasteiger partial charge is 0.205 e. The molecule has 1 spiro atoms. The van der Waals surface area contributed by atoms with Crippen molar-refractivity contribution in [3.8, 4) is 0 Å². The van der Waals surface area contributed by atoms with E-state index in [4.69, 9.17) is 0 Å². The fourth-order valence-electron chi connectivity index (χ4n) is 2.17. The molecule has 0 nitrogen and oxygen atoms in total. The molecular formula is C11H8BrFS2. The zero-order valence-corrected chi connectivity index (χ0v) is 11.0. The third kappa shape index (κ3) is 1.41. The highest BCUT2D eigenvalue weighted by Gasteiger charge is 2.42. The summed E-state index contributed by atoms with van der Waals surface area (Å²) in [5.74, 6) is -0.0718. The Kier molecular flexibility index (Phi) is 2.41. The van der Waals surface area contributed by atoms with E-state index in [1.54, 1.807) is 0 Å². The van der Waals surface area contributed by atoms with Gasteiger partial charge in [0.25, 0.3) is 0 Å². The van der Waals surface area contributed by atoms with Crippen LogP contribution in [-0.4, -0.2) is 0 Å². The molecule has 2 aliphatic rings. The van der Waals surface area contributed by atoms with Crippen LogP contribution in [-0.2, 0) is 10.5 Å². The van der Waals surface area contributed by atoms with E-state index in [1.165, 1.54) is 5.56 Å². The standard InChI is InChI=1S/C11H8BrFS2/c12-9-2-1-8-7(10(9)13)3-4-11(8)14-5-6-15-11/h1-2,5-6H,3-4H2. The minimum Gasteiger partial charge on any atom is -0.205 e. The number of thioether (sulfide) groups is 2. The fraction of sp³-hybridized carbons (Fsp3) is 0.273. The Morgan fingerprint density at radius 3 is 2.73 bits per heavy atom. The Balaban J connectivity index is 2.16. The summed E-state index contributed by atoms with van der Waals surface area (Å²) in [6.07, 6.45) is 1.88. The lowest BCUT2D eigenvalue weighted by atomic mass is 10.1. The molecule has 4 heteroatoms. The number of rotatable bonds is 0. The van der Waals surface area contributed by atoms with Gasteiger partial charge < -0.3 is 0 Å². The molecule has 78 valence electrons. The van der Waals surface area contributed by atoms with Gasteiger partial charge in [-0.1, -0.05) is 6.07 Å². The van der Waals surface area contributed by atoms with Gasteiger partial charge in [0.1, 0.15) is 5.82 Å². The van der Waals surface area contributed by atoms with Crippen molar-refractivity contribution in [2.24, 2.45) is 0 Å². The molecule has 0 saturated heterocycles. The first kappa shape index (κ1) is 10.2. The second-order valence-electron chi connectivity index (χ2n) is 3.65. The van der Waals surface area contributed by atoms with E-state index < -0.39 is 0 Å². The lowest BCUT2D eigenvalue weighted by Crippen LogP contribution is -2.09. The summed E-state index contributed by atoms with van der Waals surface area (Å²) in [7, 11) is 0. The van der Waals surface area contributed by atoms with Gasteiger partial charge in [-0.2, -0.15) is 0 Å². The molecule has 0 fully saturated rings. The molecule has 0 saturated carbocycles. The quantitative estimate of drug-likeness (QED) is 0.685. The fourth-order valence-corrected chi connectivity index (χ4v) is 5.05. The summed E-state index contributed by atoms with van der Waals surface area (Å²) in [5.41, 5.74) is 2.07. The van der Waals surface area contributed by atoms with E-state index in [9.17, 15) is 4.39 Å². The van der Waals surface area contributed by atoms with Gasteiger partial charge in [-0.3, -0.25) is 0 Å². The maximum Gasteiger partial charge on any atom is 0.140 e. The van der Waals surface area contributed by atoms with Crippen molar-refractivity contribution in [3.05, 3.63) is 44.4 Å². The van der Waals surface area contributed by atoms with Gasteiger partial charge in [-0.25, -0.2) is 4.39 Å². The predicted octanol–water partition coefficient (Wildman–Crippen LogP) is 4.64. The summed E-state index contributed by atoms with van der Waals surface area (Å²) in [6, 6.07) is 3.88. The molecule has 0 amide bonds. The smallest absolute Gasteiger partial charge is 0.140 e. The van der Waals surface area contributed by atoms with Crippen LogP contribution in [0.2, 0.25) is 0 Å². The molecule has 0 N–H and O–H groups in total. The zero-order valence-electron chi connectivity index (χ0n) is 7.80. The summed E-state index contributed by atoms with van der Waals surface area (Å²) >= 11 is 6.86. The number of hydrogen-bond donors (Lipinski definition) is 0. The Bertz CT molecular complexity index is 448. The SMILES string of the molecule is Fc1c(Br)ccc2c1CCC21SC=CS1. The van der Waals surface area contributed by atoms with Crippen LogP contribution in [0.15, 0.2) is 27.4 Å². The van der Waals surface area contributed by atoms with Gasteiger partial charge >= 0.3 is 0 Å². The monoisotopic (exact) mass is 302 g/mol. The number of benzene rings is 1. The minimum atomic E-state index is -0.0718. The van der Waals surface area contributed by atoms with Crippen LogP contribution in [0.25, 0.3) is 0 Å². The average molecular weight is 303 g/mol. The van der Waals surface area contributed by atoms with Crippen LogP contribution in [0.1, 0.15) is 17.5 Å².